The first-order valence-electron chi connectivity index (χ1n) is 6.92. The molecule has 3 rings (SSSR count). The molecule has 0 bridgehead atoms. The van der Waals surface area contributed by atoms with Crippen molar-refractivity contribution in [2.24, 2.45) is 13.0 Å². The molecule has 2 aromatic heterocycles. The van der Waals surface area contributed by atoms with Gasteiger partial charge in [-0.1, -0.05) is 12.8 Å². The van der Waals surface area contributed by atoms with Gasteiger partial charge in [-0.15, -0.1) is 11.3 Å². The van der Waals surface area contributed by atoms with Gasteiger partial charge in [0.25, 0.3) is 5.91 Å². The molecule has 1 aliphatic rings. The zero-order valence-corrected chi connectivity index (χ0v) is 12.7. The van der Waals surface area contributed by atoms with E-state index in [2.05, 4.69) is 10.4 Å². The summed E-state index contributed by atoms with van der Waals surface area (Å²) in [6.07, 6.45) is 2.65. The number of aromatic nitrogens is 2. The van der Waals surface area contributed by atoms with Gasteiger partial charge in [0.2, 0.25) is 0 Å². The highest BCUT2D eigenvalue weighted by Gasteiger charge is 2.30. The number of thiophene rings is 1. The van der Waals surface area contributed by atoms with E-state index >= 15 is 0 Å². The number of hydrogen-bond acceptors (Lipinski definition) is 4. The Morgan fingerprint density at radius 1 is 1.57 bits per heavy atom. The number of aryl methyl sites for hydroxylation is 2. The van der Waals surface area contributed by atoms with Gasteiger partial charge in [-0.05, 0) is 25.3 Å². The van der Waals surface area contributed by atoms with Crippen molar-refractivity contribution >= 4 is 33.4 Å². The molecule has 7 heteroatoms. The van der Waals surface area contributed by atoms with Gasteiger partial charge in [-0.2, -0.15) is 5.10 Å². The largest absolute Gasteiger partial charge is 0.480 e. The fourth-order valence-electron chi connectivity index (χ4n) is 2.45. The van der Waals surface area contributed by atoms with Crippen LogP contribution in [0.15, 0.2) is 6.07 Å². The summed E-state index contributed by atoms with van der Waals surface area (Å²) >= 11 is 1.34. The van der Waals surface area contributed by atoms with Gasteiger partial charge >= 0.3 is 5.97 Å². The number of nitrogens with zero attached hydrogens (tertiary/aromatic N) is 2. The second-order valence-electron chi connectivity index (χ2n) is 5.58. The average Bonchev–Trinajstić information content (AvgIpc) is 3.04. The second kappa shape index (κ2) is 5.14. The summed E-state index contributed by atoms with van der Waals surface area (Å²) in [6, 6.07) is 0.989. The smallest absolute Gasteiger partial charge is 0.326 e. The number of rotatable bonds is 5. The van der Waals surface area contributed by atoms with Gasteiger partial charge < -0.3 is 10.4 Å². The van der Waals surface area contributed by atoms with Crippen LogP contribution in [0.3, 0.4) is 0 Å². The van der Waals surface area contributed by atoms with Crippen LogP contribution in [0.4, 0.5) is 0 Å². The molecule has 0 spiro atoms. The van der Waals surface area contributed by atoms with Crippen LogP contribution in [0.1, 0.15) is 34.6 Å². The van der Waals surface area contributed by atoms with Gasteiger partial charge in [-0.3, -0.25) is 9.48 Å². The zero-order valence-electron chi connectivity index (χ0n) is 11.9. The van der Waals surface area contributed by atoms with E-state index in [9.17, 15) is 14.7 Å². The molecule has 1 unspecified atom stereocenters. The molecule has 1 amide bonds. The van der Waals surface area contributed by atoms with Crippen molar-refractivity contribution in [3.05, 3.63) is 16.6 Å². The zero-order chi connectivity index (χ0) is 15.1. The Labute approximate surface area is 125 Å². The fourth-order valence-corrected chi connectivity index (χ4v) is 3.48. The molecule has 1 fully saturated rings. The van der Waals surface area contributed by atoms with Crippen LogP contribution in [0, 0.1) is 12.8 Å². The summed E-state index contributed by atoms with van der Waals surface area (Å²) in [6.45, 7) is 1.89. The summed E-state index contributed by atoms with van der Waals surface area (Å²) in [5, 5.41) is 17.1. The summed E-state index contributed by atoms with van der Waals surface area (Å²) in [4.78, 5) is 24.9. The fraction of sp³-hybridized carbons (Fsp3) is 0.500. The highest BCUT2D eigenvalue weighted by molar-refractivity contribution is 7.20. The number of carboxylic acid groups (broad SMARTS) is 1. The molecule has 2 N–H and O–H groups in total. The van der Waals surface area contributed by atoms with Crippen molar-refractivity contribution in [1.82, 2.24) is 15.1 Å². The van der Waals surface area contributed by atoms with Crippen molar-refractivity contribution in [3.63, 3.8) is 0 Å². The molecule has 112 valence electrons. The Kier molecular flexibility index (Phi) is 3.44. The van der Waals surface area contributed by atoms with Crippen LogP contribution < -0.4 is 5.32 Å². The molecular formula is C14H17N3O3S. The van der Waals surface area contributed by atoms with Crippen molar-refractivity contribution in [3.8, 4) is 0 Å². The Bertz CT molecular complexity index is 680. The number of nitrogens with one attached hydrogen (secondary N) is 1. The standard InChI is InChI=1S/C14H17N3O3S/c1-7-9-6-11(21-13(9)17(2)16-7)12(18)15-10(14(19)20)5-8-3-4-8/h6,8,10H,3-5H2,1-2H3,(H,15,18)(H,19,20). The van der Waals surface area contributed by atoms with Gasteiger partial charge in [0.1, 0.15) is 10.9 Å². The van der Waals surface area contributed by atoms with E-state index in [0.717, 1.165) is 28.8 Å². The monoisotopic (exact) mass is 307 g/mol. The number of carbonyl (C=O) groups excluding carboxylic acids is 1. The number of amides is 1. The van der Waals surface area contributed by atoms with E-state index in [1.165, 1.54) is 11.3 Å². The number of carbonyl (C=O) groups is 2. The highest BCUT2D eigenvalue weighted by Crippen LogP contribution is 2.34. The lowest BCUT2D eigenvalue weighted by Crippen LogP contribution is -2.40. The molecule has 2 aromatic rings. The van der Waals surface area contributed by atoms with E-state index in [0.29, 0.717) is 17.2 Å². The first-order chi connectivity index (χ1) is 9.95. The van der Waals surface area contributed by atoms with E-state index in [4.69, 9.17) is 0 Å². The molecule has 0 aromatic carbocycles. The van der Waals surface area contributed by atoms with E-state index < -0.39 is 12.0 Å². The van der Waals surface area contributed by atoms with E-state index in [-0.39, 0.29) is 5.91 Å². The summed E-state index contributed by atoms with van der Waals surface area (Å²) in [5.74, 6) is -0.835. The minimum absolute atomic E-state index is 0.316. The van der Waals surface area contributed by atoms with Crippen molar-refractivity contribution in [2.45, 2.75) is 32.2 Å². The number of aliphatic carboxylic acids is 1. The van der Waals surface area contributed by atoms with Gasteiger partial charge in [0.15, 0.2) is 0 Å². The summed E-state index contributed by atoms with van der Waals surface area (Å²) in [7, 11) is 1.83. The van der Waals surface area contributed by atoms with Crippen LogP contribution in [0.5, 0.6) is 0 Å². The Hall–Kier alpha value is -1.89. The third-order valence-electron chi connectivity index (χ3n) is 3.79. The van der Waals surface area contributed by atoms with Gasteiger partial charge in [0, 0.05) is 12.4 Å². The molecule has 1 saturated carbocycles. The van der Waals surface area contributed by atoms with Crippen LogP contribution in [0.25, 0.3) is 10.2 Å². The van der Waals surface area contributed by atoms with Gasteiger partial charge in [-0.25, -0.2) is 4.79 Å². The third kappa shape index (κ3) is 2.78. The molecular weight excluding hydrogens is 290 g/mol. The minimum atomic E-state index is -0.964. The number of hydrogen-bond donors (Lipinski definition) is 2. The lowest BCUT2D eigenvalue weighted by molar-refractivity contribution is -0.139. The second-order valence-corrected chi connectivity index (χ2v) is 6.61. The Balaban J connectivity index is 1.78. The lowest BCUT2D eigenvalue weighted by atomic mass is 10.1. The maximum atomic E-state index is 12.3. The Morgan fingerprint density at radius 3 is 2.86 bits per heavy atom. The topological polar surface area (TPSA) is 84.2 Å². The quantitative estimate of drug-likeness (QED) is 0.884. The third-order valence-corrected chi connectivity index (χ3v) is 4.99. The predicted molar refractivity (Wildman–Crippen MR) is 79.6 cm³/mol. The minimum Gasteiger partial charge on any atom is -0.480 e. The molecule has 2 heterocycles. The lowest BCUT2D eigenvalue weighted by Gasteiger charge is -2.13. The highest BCUT2D eigenvalue weighted by atomic mass is 32.1. The maximum Gasteiger partial charge on any atom is 0.326 e. The molecule has 0 radical (unpaired) electrons. The van der Waals surface area contributed by atoms with Crippen LogP contribution in [0.2, 0.25) is 0 Å². The van der Waals surface area contributed by atoms with Crippen LogP contribution >= 0.6 is 11.3 Å². The number of fused-ring (bicyclic) bond motifs is 1. The van der Waals surface area contributed by atoms with Crippen LogP contribution in [-0.4, -0.2) is 32.8 Å². The van der Waals surface area contributed by atoms with Crippen molar-refractivity contribution in [1.29, 1.82) is 0 Å². The van der Waals surface area contributed by atoms with E-state index in [1.54, 1.807) is 10.7 Å². The SMILES string of the molecule is Cc1nn(C)c2sc(C(=O)NC(CC3CC3)C(=O)O)cc12. The summed E-state index contributed by atoms with van der Waals surface area (Å²) < 4.78 is 1.74. The van der Waals surface area contributed by atoms with Crippen molar-refractivity contribution in [2.75, 3.05) is 0 Å². The molecule has 0 aliphatic heterocycles. The predicted octanol–water partition coefficient (Wildman–Crippen LogP) is 1.93. The van der Waals surface area contributed by atoms with Crippen LogP contribution in [-0.2, 0) is 11.8 Å². The Morgan fingerprint density at radius 2 is 2.29 bits per heavy atom. The molecule has 6 nitrogen and oxygen atoms in total. The van der Waals surface area contributed by atoms with Gasteiger partial charge in [0.05, 0.1) is 10.6 Å². The molecule has 1 aliphatic carbocycles. The van der Waals surface area contributed by atoms with Crippen molar-refractivity contribution < 1.29 is 14.7 Å². The first-order valence-corrected chi connectivity index (χ1v) is 7.74. The molecule has 0 saturated heterocycles. The summed E-state index contributed by atoms with van der Waals surface area (Å²) in [5.41, 5.74) is 0.871. The maximum absolute atomic E-state index is 12.3. The number of carboxylic acids is 1. The average molecular weight is 307 g/mol. The first kappa shape index (κ1) is 14.1. The van der Waals surface area contributed by atoms with E-state index in [1.807, 2.05) is 14.0 Å². The normalized spacial score (nSPS) is 16.1. The molecule has 1 atom stereocenters. The molecule has 21 heavy (non-hydrogen) atoms.